The third kappa shape index (κ3) is 6.71. The minimum atomic E-state index is -0.658. The van der Waals surface area contributed by atoms with E-state index in [9.17, 15) is 4.79 Å². The molecule has 0 bridgehead atoms. The van der Waals surface area contributed by atoms with E-state index >= 15 is 0 Å². The molecular formula is C20H38O2. The lowest BCUT2D eigenvalue weighted by atomic mass is 9.62. The molecule has 2 heteroatoms. The second-order valence-corrected chi connectivity index (χ2v) is 8.78. The molecule has 2 nitrogen and oxygen atoms in total. The van der Waals surface area contributed by atoms with Crippen LogP contribution in [0.2, 0.25) is 0 Å². The van der Waals surface area contributed by atoms with Gasteiger partial charge in [0.2, 0.25) is 0 Å². The van der Waals surface area contributed by atoms with Crippen LogP contribution in [0.25, 0.3) is 0 Å². The monoisotopic (exact) mass is 310 g/mol. The highest BCUT2D eigenvalue weighted by atomic mass is 16.4. The van der Waals surface area contributed by atoms with E-state index in [1.807, 2.05) is 0 Å². The first-order valence-electron chi connectivity index (χ1n) is 9.44. The summed E-state index contributed by atoms with van der Waals surface area (Å²) in [5, 5.41) is 8.79. The third-order valence-electron chi connectivity index (χ3n) is 6.06. The standard InChI is InChI=1S/C20H38O2/c1-15(8-6-9-16(2)14-19(21)22)11-12-18-17(3)10-7-13-20(18,4)5/h15-18H,6-14H2,1-5H3,(H,21,22). The van der Waals surface area contributed by atoms with Crippen molar-refractivity contribution in [3.63, 3.8) is 0 Å². The molecular weight excluding hydrogens is 272 g/mol. The molecule has 0 saturated heterocycles. The Morgan fingerprint density at radius 3 is 2.41 bits per heavy atom. The van der Waals surface area contributed by atoms with Crippen molar-refractivity contribution in [3.8, 4) is 0 Å². The van der Waals surface area contributed by atoms with E-state index in [2.05, 4.69) is 34.6 Å². The quantitative estimate of drug-likeness (QED) is 0.555. The third-order valence-corrected chi connectivity index (χ3v) is 6.06. The summed E-state index contributed by atoms with van der Waals surface area (Å²) in [5.41, 5.74) is 0.521. The number of carboxylic acids is 1. The smallest absolute Gasteiger partial charge is 0.303 e. The van der Waals surface area contributed by atoms with E-state index in [0.29, 0.717) is 17.8 Å². The Morgan fingerprint density at radius 2 is 1.82 bits per heavy atom. The van der Waals surface area contributed by atoms with Gasteiger partial charge >= 0.3 is 5.97 Å². The molecule has 4 atom stereocenters. The van der Waals surface area contributed by atoms with Gasteiger partial charge in [-0.15, -0.1) is 0 Å². The van der Waals surface area contributed by atoms with E-state index in [0.717, 1.165) is 24.2 Å². The van der Waals surface area contributed by atoms with Gasteiger partial charge in [-0.05, 0) is 41.9 Å². The van der Waals surface area contributed by atoms with Crippen LogP contribution in [0.15, 0.2) is 0 Å². The topological polar surface area (TPSA) is 37.3 Å². The molecule has 4 unspecified atom stereocenters. The van der Waals surface area contributed by atoms with E-state index in [-0.39, 0.29) is 0 Å². The number of hydrogen-bond acceptors (Lipinski definition) is 1. The van der Waals surface area contributed by atoms with Crippen molar-refractivity contribution in [2.45, 2.75) is 92.4 Å². The van der Waals surface area contributed by atoms with Gasteiger partial charge in [0.05, 0.1) is 0 Å². The molecule has 1 aliphatic rings. The number of carbonyl (C=O) groups is 1. The van der Waals surface area contributed by atoms with E-state index < -0.39 is 5.97 Å². The Hall–Kier alpha value is -0.530. The number of carboxylic acid groups (broad SMARTS) is 1. The van der Waals surface area contributed by atoms with Crippen LogP contribution >= 0.6 is 0 Å². The van der Waals surface area contributed by atoms with Gasteiger partial charge in [-0.2, -0.15) is 0 Å². The zero-order valence-corrected chi connectivity index (χ0v) is 15.5. The average Bonchev–Trinajstić information content (AvgIpc) is 2.36. The molecule has 0 heterocycles. The Morgan fingerprint density at radius 1 is 1.18 bits per heavy atom. The first-order chi connectivity index (χ1) is 10.2. The predicted octanol–water partition coefficient (Wildman–Crippen LogP) is 6.15. The summed E-state index contributed by atoms with van der Waals surface area (Å²) in [6.07, 6.45) is 10.7. The molecule has 22 heavy (non-hydrogen) atoms. The van der Waals surface area contributed by atoms with E-state index in [1.165, 1.54) is 44.9 Å². The molecule has 0 aromatic rings. The highest BCUT2D eigenvalue weighted by molar-refractivity contribution is 5.66. The van der Waals surface area contributed by atoms with Gasteiger partial charge in [0.1, 0.15) is 0 Å². The van der Waals surface area contributed by atoms with Crippen molar-refractivity contribution in [1.82, 2.24) is 0 Å². The lowest BCUT2D eigenvalue weighted by molar-refractivity contribution is -0.138. The molecule has 1 fully saturated rings. The van der Waals surface area contributed by atoms with Crippen LogP contribution in [0.5, 0.6) is 0 Å². The molecule has 1 aliphatic carbocycles. The van der Waals surface area contributed by atoms with E-state index in [4.69, 9.17) is 5.11 Å². The minimum Gasteiger partial charge on any atom is -0.481 e. The van der Waals surface area contributed by atoms with Crippen molar-refractivity contribution in [2.24, 2.45) is 29.1 Å². The average molecular weight is 311 g/mol. The van der Waals surface area contributed by atoms with Crippen molar-refractivity contribution in [3.05, 3.63) is 0 Å². The molecule has 0 aliphatic heterocycles. The van der Waals surface area contributed by atoms with Gasteiger partial charge in [0.25, 0.3) is 0 Å². The second-order valence-electron chi connectivity index (χ2n) is 8.78. The van der Waals surface area contributed by atoms with Crippen molar-refractivity contribution in [1.29, 1.82) is 0 Å². The van der Waals surface area contributed by atoms with Gasteiger partial charge in [-0.25, -0.2) is 0 Å². The maximum absolute atomic E-state index is 10.7. The second kappa shape index (κ2) is 8.93. The number of rotatable bonds is 9. The Bertz CT molecular complexity index is 335. The maximum Gasteiger partial charge on any atom is 0.303 e. The SMILES string of the molecule is CC(CCCC(C)CC(=O)O)CCC1C(C)CCCC1(C)C. The van der Waals surface area contributed by atoms with Gasteiger partial charge in [0.15, 0.2) is 0 Å². The van der Waals surface area contributed by atoms with E-state index in [1.54, 1.807) is 0 Å². The largest absolute Gasteiger partial charge is 0.481 e. The first kappa shape index (κ1) is 19.5. The highest BCUT2D eigenvalue weighted by Crippen LogP contribution is 2.46. The van der Waals surface area contributed by atoms with Crippen LogP contribution in [-0.4, -0.2) is 11.1 Å². The molecule has 130 valence electrons. The lowest BCUT2D eigenvalue weighted by Crippen LogP contribution is -2.33. The normalized spacial score (nSPS) is 27.3. The first-order valence-corrected chi connectivity index (χ1v) is 9.44. The van der Waals surface area contributed by atoms with Crippen LogP contribution in [0.4, 0.5) is 0 Å². The molecule has 1 rings (SSSR count). The van der Waals surface area contributed by atoms with Gasteiger partial charge in [-0.3, -0.25) is 4.79 Å². The van der Waals surface area contributed by atoms with Crippen LogP contribution in [0, 0.1) is 29.1 Å². The molecule has 0 amide bonds. The van der Waals surface area contributed by atoms with Crippen molar-refractivity contribution < 1.29 is 9.90 Å². The molecule has 0 aromatic heterocycles. The van der Waals surface area contributed by atoms with Crippen LogP contribution < -0.4 is 0 Å². The number of aliphatic carboxylic acids is 1. The fourth-order valence-electron chi connectivity index (χ4n) is 4.54. The molecule has 0 spiro atoms. The summed E-state index contributed by atoms with van der Waals surface area (Å²) in [5.74, 6) is 2.21. The Kier molecular flexibility index (Phi) is 7.93. The van der Waals surface area contributed by atoms with Gasteiger partial charge in [-0.1, -0.05) is 73.1 Å². The lowest BCUT2D eigenvalue weighted by Gasteiger charge is -2.43. The summed E-state index contributed by atoms with van der Waals surface area (Å²) in [6, 6.07) is 0. The van der Waals surface area contributed by atoms with Crippen molar-refractivity contribution >= 4 is 5.97 Å². The summed E-state index contributed by atoms with van der Waals surface area (Å²) in [6.45, 7) is 11.8. The highest BCUT2D eigenvalue weighted by Gasteiger charge is 2.36. The summed E-state index contributed by atoms with van der Waals surface area (Å²) in [4.78, 5) is 10.7. The van der Waals surface area contributed by atoms with Gasteiger partial charge < -0.3 is 5.11 Å². The molecule has 1 N–H and O–H groups in total. The minimum absolute atomic E-state index is 0.321. The summed E-state index contributed by atoms with van der Waals surface area (Å²) < 4.78 is 0. The zero-order chi connectivity index (χ0) is 16.8. The maximum atomic E-state index is 10.7. The van der Waals surface area contributed by atoms with Crippen LogP contribution in [0.3, 0.4) is 0 Å². The summed E-state index contributed by atoms with van der Waals surface area (Å²) >= 11 is 0. The Balaban J connectivity index is 2.24. The molecule has 1 saturated carbocycles. The van der Waals surface area contributed by atoms with Crippen molar-refractivity contribution in [2.75, 3.05) is 0 Å². The fraction of sp³-hybridized carbons (Fsp3) is 0.950. The fourth-order valence-corrected chi connectivity index (χ4v) is 4.54. The number of hydrogen-bond donors (Lipinski definition) is 1. The molecule has 0 aromatic carbocycles. The van der Waals surface area contributed by atoms with Crippen LogP contribution in [-0.2, 0) is 4.79 Å². The molecule has 0 radical (unpaired) electrons. The summed E-state index contributed by atoms with van der Waals surface area (Å²) in [7, 11) is 0. The van der Waals surface area contributed by atoms with Gasteiger partial charge in [0, 0.05) is 6.42 Å². The zero-order valence-electron chi connectivity index (χ0n) is 15.5. The van der Waals surface area contributed by atoms with Crippen LogP contribution in [0.1, 0.15) is 92.4 Å². The Labute approximate surface area is 138 Å². The predicted molar refractivity (Wildman–Crippen MR) is 94.0 cm³/mol.